The molecule has 0 spiro atoms. The number of rotatable bonds is 8. The summed E-state index contributed by atoms with van der Waals surface area (Å²) in [7, 11) is 2.68. The van der Waals surface area contributed by atoms with E-state index < -0.39 is 52.4 Å². The maximum Gasteiger partial charge on any atom is 0.410 e. The van der Waals surface area contributed by atoms with Crippen molar-refractivity contribution in [3.63, 3.8) is 0 Å². The number of ether oxygens (including phenoxy) is 4. The first-order chi connectivity index (χ1) is 41.4. The maximum absolute atomic E-state index is 12.9. The van der Waals surface area contributed by atoms with Gasteiger partial charge in [-0.3, -0.25) is 9.59 Å². The Hall–Kier alpha value is -8.13. The van der Waals surface area contributed by atoms with Gasteiger partial charge in [-0.2, -0.15) is 16.8 Å². The number of aromatic nitrogens is 6. The molecule has 2 fully saturated rings. The number of carbonyl (C=O) groups excluding carboxylic acids is 4. The Morgan fingerprint density at radius 2 is 0.966 bits per heavy atom. The second-order valence-corrected chi connectivity index (χ2v) is 23.1. The molecule has 460 valence electrons. The minimum absolute atomic E-state index is 0.181. The van der Waals surface area contributed by atoms with Crippen molar-refractivity contribution in [1.82, 2.24) is 38.9 Å². The molecule has 2 saturated heterocycles. The molecule has 10 rings (SSSR count). The molecule has 2 aliphatic heterocycles. The molecule has 87 heavy (non-hydrogen) atoms. The number of likely N-dealkylation sites (tertiary alicyclic amines) is 2. The summed E-state index contributed by atoms with van der Waals surface area (Å²) in [5, 5.41) is 6.45. The summed E-state index contributed by atoms with van der Waals surface area (Å²) in [5.41, 5.74) is 11.8. The molecule has 22 nitrogen and oxygen atoms in total. The number of hydrogen-bond acceptors (Lipinski definition) is 18. The normalized spacial score (nSPS) is 16.3. The molecule has 4 unspecified atom stereocenters. The van der Waals surface area contributed by atoms with Crippen LogP contribution in [0.4, 0.5) is 15.5 Å². The molecule has 27 heteroatoms. The number of nitrogens with one attached hydrogen (secondary N) is 1. The number of nitrogens with two attached hydrogens (primary N) is 1. The lowest BCUT2D eigenvalue weighted by molar-refractivity contribution is -0.148. The number of methoxy groups -OCH3 is 2. The van der Waals surface area contributed by atoms with E-state index >= 15 is 0 Å². The topological polar surface area (TPSA) is 279 Å². The lowest BCUT2D eigenvalue weighted by atomic mass is 9.94. The third-order valence-electron chi connectivity index (χ3n) is 13.1. The number of hydrogen-bond donors (Lipinski definition) is 2. The summed E-state index contributed by atoms with van der Waals surface area (Å²) in [6, 6.07) is 35.9. The minimum atomic E-state index is -0.750. The van der Waals surface area contributed by atoms with Gasteiger partial charge in [-0.15, -0.1) is 0 Å². The van der Waals surface area contributed by atoms with Crippen LogP contribution in [0, 0.1) is 11.8 Å². The van der Waals surface area contributed by atoms with Gasteiger partial charge in [0.1, 0.15) is 11.2 Å². The zero-order valence-corrected chi connectivity index (χ0v) is 52.7. The number of carbonyl (C=O) groups is 4. The van der Waals surface area contributed by atoms with Crippen LogP contribution < -0.4 is 11.1 Å². The third-order valence-corrected chi connectivity index (χ3v) is 13.8. The molecule has 0 bridgehead atoms. The first-order valence-corrected chi connectivity index (χ1v) is 29.4. The number of para-hydroxylation sites is 4. The third kappa shape index (κ3) is 18.9. The van der Waals surface area contributed by atoms with Gasteiger partial charge in [-0.25, -0.2) is 29.5 Å². The van der Waals surface area contributed by atoms with Gasteiger partial charge in [0.05, 0.1) is 70.9 Å². The van der Waals surface area contributed by atoms with Crippen molar-refractivity contribution in [3.05, 3.63) is 149 Å². The van der Waals surface area contributed by atoms with Crippen molar-refractivity contribution < 1.29 is 55.0 Å². The molecule has 4 atom stereocenters. The van der Waals surface area contributed by atoms with Gasteiger partial charge in [0, 0.05) is 83.9 Å². The van der Waals surface area contributed by atoms with E-state index in [0.29, 0.717) is 59.9 Å². The Labute approximate surface area is 524 Å². The van der Waals surface area contributed by atoms with E-state index in [4.69, 9.17) is 81.3 Å². The van der Waals surface area contributed by atoms with E-state index in [9.17, 15) is 19.2 Å². The SMILES string of the molecule is COC(=O)C1CC(N)CN(C(=O)OC(C)(C)C)C1.COC(=O)C1CC(Nc2ncc(Cl)c(-c3cn(-c4ccccc4)c4ccccc34)n2)CN(C(=O)OC(C)(C)C)C1.Clc1ncc(Cl)c(-c2cn(-c3ccccc3)c3ccccc23)n1.O=S=O.O=S=O. The van der Waals surface area contributed by atoms with Crippen molar-refractivity contribution in [1.29, 1.82) is 0 Å². The van der Waals surface area contributed by atoms with Gasteiger partial charge < -0.3 is 48.9 Å². The first-order valence-electron chi connectivity index (χ1n) is 26.9. The average Bonchev–Trinajstić information content (AvgIpc) is 1.74. The molecule has 0 saturated carbocycles. The van der Waals surface area contributed by atoms with E-state index in [-0.39, 0.29) is 41.8 Å². The van der Waals surface area contributed by atoms with Crippen LogP contribution in [-0.4, -0.2) is 144 Å². The molecule has 4 aromatic heterocycles. The molecule has 6 heterocycles. The van der Waals surface area contributed by atoms with E-state index in [1.807, 2.05) is 91.3 Å². The zero-order chi connectivity index (χ0) is 63.6. The first kappa shape index (κ1) is 68.0. The lowest BCUT2D eigenvalue weighted by Gasteiger charge is -2.37. The number of piperidine rings is 2. The monoisotopic (exact) mass is 1290 g/mol. The molecule has 2 amide bonds. The van der Waals surface area contributed by atoms with Crippen LogP contribution in [0.25, 0.3) is 55.7 Å². The van der Waals surface area contributed by atoms with E-state index in [2.05, 4.69) is 59.7 Å². The fraction of sp³-hybridized carbons (Fsp3) is 0.333. The summed E-state index contributed by atoms with van der Waals surface area (Å²) in [5.74, 6) is -1.26. The Bertz CT molecular complexity index is 3730. The van der Waals surface area contributed by atoms with Crippen molar-refractivity contribution in [3.8, 4) is 33.9 Å². The van der Waals surface area contributed by atoms with Crippen LogP contribution in [0.5, 0.6) is 0 Å². The average molecular weight is 1290 g/mol. The molecular formula is C60H65Cl3N10O12S2. The minimum Gasteiger partial charge on any atom is -0.469 e. The van der Waals surface area contributed by atoms with Crippen molar-refractivity contribution in [2.24, 2.45) is 17.6 Å². The number of fused-ring (bicyclic) bond motifs is 2. The Kier molecular flexibility index (Phi) is 24.6. The van der Waals surface area contributed by atoms with Gasteiger partial charge in [0.15, 0.2) is 0 Å². The number of benzene rings is 4. The zero-order valence-electron chi connectivity index (χ0n) is 48.8. The van der Waals surface area contributed by atoms with Gasteiger partial charge in [-0.05, 0) is 102 Å². The highest BCUT2D eigenvalue weighted by Gasteiger charge is 2.38. The van der Waals surface area contributed by atoms with Gasteiger partial charge in [0.2, 0.25) is 11.2 Å². The fourth-order valence-electron chi connectivity index (χ4n) is 9.65. The number of nitrogens with zero attached hydrogens (tertiary/aromatic N) is 8. The van der Waals surface area contributed by atoms with Crippen LogP contribution in [-0.2, 0) is 51.7 Å². The summed E-state index contributed by atoms with van der Waals surface area (Å²) in [4.78, 5) is 69.2. The predicted octanol–water partition coefficient (Wildman–Crippen LogP) is 10.7. The highest BCUT2D eigenvalue weighted by Crippen LogP contribution is 2.37. The molecule has 0 radical (unpaired) electrons. The van der Waals surface area contributed by atoms with Gasteiger partial charge >= 0.3 is 47.3 Å². The molecule has 3 N–H and O–H groups in total. The van der Waals surface area contributed by atoms with Crippen LogP contribution in [0.1, 0.15) is 54.4 Å². The molecule has 8 aromatic rings. The summed E-state index contributed by atoms with van der Waals surface area (Å²) < 4.78 is 57.9. The van der Waals surface area contributed by atoms with Crippen LogP contribution >= 0.6 is 34.8 Å². The van der Waals surface area contributed by atoms with Crippen LogP contribution in [0.2, 0.25) is 15.3 Å². The maximum atomic E-state index is 12.9. The van der Waals surface area contributed by atoms with Crippen LogP contribution in [0.15, 0.2) is 134 Å². The number of esters is 2. The Balaban J connectivity index is 0.000000217. The highest BCUT2D eigenvalue weighted by atomic mass is 35.5. The molecule has 0 aliphatic carbocycles. The Morgan fingerprint density at radius 1 is 0.563 bits per heavy atom. The fourth-order valence-corrected chi connectivity index (χ4v) is 10.2. The predicted molar refractivity (Wildman–Crippen MR) is 333 cm³/mol. The van der Waals surface area contributed by atoms with E-state index in [1.165, 1.54) is 30.2 Å². The standard InChI is InChI=1S/C30H32ClN5O4.C18H11Cl2N3.C12H22N2O4.2O2S/c1-30(2,3)40-29(38)35-16-19(27(37)39-4)14-20(17-35)33-28-32-15-24(31)26(34-28)23-18-36(21-10-6-5-7-11-21)25-13-9-8-12-22(23)25;19-15-10-21-18(20)22-17(15)14-11-23(12-6-2-1-3-7-12)16-9-5-4-8-13(14)16;1-12(2,3)18-11(16)14-6-8(10(15)17-4)5-9(13)7-14;2*1-3-2/h5-13,15,18-20H,14,16-17H2,1-4H3,(H,32,33,34);1-11H;8-9H,5-7,13H2,1-4H3;;. The van der Waals surface area contributed by atoms with Crippen molar-refractivity contribution in [2.45, 2.75) is 77.7 Å². The molecular weight excluding hydrogens is 1220 g/mol. The highest BCUT2D eigenvalue weighted by molar-refractivity contribution is 7.52. The number of amides is 2. The largest absolute Gasteiger partial charge is 0.469 e. The van der Waals surface area contributed by atoms with Crippen molar-refractivity contribution >= 4 is 110 Å². The van der Waals surface area contributed by atoms with Gasteiger partial charge in [0.25, 0.3) is 0 Å². The second-order valence-electron chi connectivity index (χ2n) is 21.7. The molecule has 4 aromatic carbocycles. The smallest absolute Gasteiger partial charge is 0.410 e. The van der Waals surface area contributed by atoms with Crippen LogP contribution in [0.3, 0.4) is 0 Å². The quantitative estimate of drug-likeness (QED) is 0.0812. The molecule has 2 aliphatic rings. The van der Waals surface area contributed by atoms with E-state index in [1.54, 1.807) is 47.7 Å². The summed E-state index contributed by atoms with van der Waals surface area (Å²) in [6.45, 7) is 12.0. The Morgan fingerprint density at radius 3 is 1.41 bits per heavy atom. The van der Waals surface area contributed by atoms with Crippen molar-refractivity contribution in [2.75, 3.05) is 45.7 Å². The lowest BCUT2D eigenvalue weighted by Crippen LogP contribution is -2.52. The number of anilines is 1. The van der Waals surface area contributed by atoms with Gasteiger partial charge in [-0.1, -0.05) is 96.0 Å². The summed E-state index contributed by atoms with van der Waals surface area (Å²) in [6.07, 6.45) is 7.20. The van der Waals surface area contributed by atoms with E-state index in [0.717, 1.165) is 44.3 Å². The summed E-state index contributed by atoms with van der Waals surface area (Å²) >= 11 is 17.4. The second kappa shape index (κ2) is 31.5. The number of halogens is 3.